The van der Waals surface area contributed by atoms with Crippen LogP contribution in [0.5, 0.6) is 5.75 Å². The molecule has 2 heterocycles. The first-order valence-corrected chi connectivity index (χ1v) is 12.0. The number of carbonyl (C=O) groups excluding carboxylic acids is 2. The van der Waals surface area contributed by atoms with Gasteiger partial charge in [-0.05, 0) is 42.3 Å². The lowest BCUT2D eigenvalue weighted by Crippen LogP contribution is -2.25. The lowest BCUT2D eigenvalue weighted by Gasteiger charge is -2.18. The lowest BCUT2D eigenvalue weighted by molar-refractivity contribution is -0.118. The fraction of sp³-hybridized carbons (Fsp3) is 0.154. The zero-order valence-corrected chi connectivity index (χ0v) is 19.4. The molecule has 35 heavy (non-hydrogen) atoms. The summed E-state index contributed by atoms with van der Waals surface area (Å²) in [6.45, 7) is 0.485. The molecule has 0 fully saturated rings. The summed E-state index contributed by atoms with van der Waals surface area (Å²) in [6.07, 6.45) is 0.701. The van der Waals surface area contributed by atoms with Gasteiger partial charge in [0.25, 0.3) is 5.91 Å². The number of halogens is 1. The Morgan fingerprint density at radius 1 is 1.06 bits per heavy atom. The van der Waals surface area contributed by atoms with E-state index in [1.54, 1.807) is 36.4 Å². The smallest absolute Gasteiger partial charge is 0.262 e. The van der Waals surface area contributed by atoms with Crippen LogP contribution in [-0.4, -0.2) is 38.8 Å². The topological polar surface area (TPSA) is 86.1 Å². The van der Waals surface area contributed by atoms with Crippen LogP contribution in [0.15, 0.2) is 78.0 Å². The van der Waals surface area contributed by atoms with Crippen molar-refractivity contribution in [2.24, 2.45) is 0 Å². The third kappa shape index (κ3) is 5.09. The van der Waals surface area contributed by atoms with Gasteiger partial charge in [-0.1, -0.05) is 54.2 Å². The summed E-state index contributed by atoms with van der Waals surface area (Å²) in [5.74, 6) is 0.277. The number of hydrogen-bond donors (Lipinski definition) is 1. The molecular weight excluding hydrogens is 467 g/mol. The van der Waals surface area contributed by atoms with Crippen LogP contribution in [0.3, 0.4) is 0 Å². The number of ether oxygens (including phenoxy) is 1. The van der Waals surface area contributed by atoms with Crippen molar-refractivity contribution in [1.82, 2.24) is 14.8 Å². The van der Waals surface area contributed by atoms with E-state index in [0.717, 1.165) is 5.56 Å². The third-order valence-corrected chi connectivity index (χ3v) is 6.53. The highest BCUT2D eigenvalue weighted by Crippen LogP contribution is 2.30. The van der Waals surface area contributed by atoms with E-state index in [9.17, 15) is 14.0 Å². The van der Waals surface area contributed by atoms with Crippen LogP contribution >= 0.6 is 11.8 Å². The summed E-state index contributed by atoms with van der Waals surface area (Å²) in [4.78, 5) is 24.5. The number of carbonyl (C=O) groups is 2. The van der Waals surface area contributed by atoms with Crippen LogP contribution in [-0.2, 0) is 17.8 Å². The van der Waals surface area contributed by atoms with Crippen LogP contribution in [0.2, 0.25) is 0 Å². The van der Waals surface area contributed by atoms with Crippen LogP contribution in [0.4, 0.5) is 10.1 Å². The van der Waals surface area contributed by atoms with E-state index in [1.165, 1.54) is 17.8 Å². The Bertz CT molecular complexity index is 1390. The average molecular weight is 489 g/mol. The predicted molar refractivity (Wildman–Crippen MR) is 131 cm³/mol. The maximum Gasteiger partial charge on any atom is 0.262 e. The van der Waals surface area contributed by atoms with Crippen LogP contribution in [0.25, 0.3) is 11.4 Å². The van der Waals surface area contributed by atoms with E-state index >= 15 is 0 Å². The van der Waals surface area contributed by atoms with Gasteiger partial charge in [-0.2, -0.15) is 0 Å². The van der Waals surface area contributed by atoms with Crippen molar-refractivity contribution in [3.63, 3.8) is 0 Å². The minimum atomic E-state index is -0.383. The molecule has 4 aromatic rings. The number of anilines is 1. The second kappa shape index (κ2) is 10.1. The molecule has 0 spiro atoms. The Balaban J connectivity index is 1.37. The van der Waals surface area contributed by atoms with E-state index in [-0.39, 0.29) is 29.9 Å². The summed E-state index contributed by atoms with van der Waals surface area (Å²) >= 11 is 1.24. The number of rotatable bonds is 8. The third-order valence-electron chi connectivity index (χ3n) is 5.57. The van der Waals surface area contributed by atoms with E-state index in [4.69, 9.17) is 4.74 Å². The molecule has 1 aliphatic rings. The van der Waals surface area contributed by atoms with Gasteiger partial charge in [0.2, 0.25) is 0 Å². The normalized spacial score (nSPS) is 12.5. The molecule has 7 nitrogen and oxygen atoms in total. The van der Waals surface area contributed by atoms with E-state index in [1.807, 2.05) is 34.9 Å². The number of aromatic nitrogens is 3. The first-order valence-electron chi connectivity index (χ1n) is 11.0. The monoisotopic (exact) mass is 488 g/mol. The first kappa shape index (κ1) is 22.8. The molecule has 0 radical (unpaired) electrons. The number of amides is 1. The summed E-state index contributed by atoms with van der Waals surface area (Å²) in [5, 5.41) is 11.8. The lowest BCUT2D eigenvalue weighted by atomic mass is 10.1. The molecule has 1 aromatic heterocycles. The van der Waals surface area contributed by atoms with Crippen LogP contribution in [0, 0.1) is 5.82 Å². The Labute approximate surface area is 205 Å². The average Bonchev–Trinajstić information content (AvgIpc) is 3.28. The van der Waals surface area contributed by atoms with E-state index in [2.05, 4.69) is 15.5 Å². The van der Waals surface area contributed by atoms with Crippen LogP contribution < -0.4 is 10.1 Å². The van der Waals surface area contributed by atoms with E-state index in [0.29, 0.717) is 46.5 Å². The molecule has 0 aliphatic carbocycles. The van der Waals surface area contributed by atoms with Gasteiger partial charge in [0.15, 0.2) is 23.4 Å². The molecule has 176 valence electrons. The number of aryl methyl sites for hydroxylation is 1. The molecule has 5 rings (SSSR count). The zero-order chi connectivity index (χ0) is 24.2. The van der Waals surface area contributed by atoms with Gasteiger partial charge in [0.05, 0.1) is 17.0 Å². The van der Waals surface area contributed by atoms with Gasteiger partial charge in [0, 0.05) is 12.1 Å². The minimum absolute atomic E-state index is 0.0425. The maximum atomic E-state index is 14.5. The summed E-state index contributed by atoms with van der Waals surface area (Å²) in [7, 11) is 0. The van der Waals surface area contributed by atoms with Crippen LogP contribution in [0.1, 0.15) is 15.9 Å². The summed E-state index contributed by atoms with van der Waals surface area (Å²) < 4.78 is 21.8. The van der Waals surface area contributed by atoms with Gasteiger partial charge in [0.1, 0.15) is 11.6 Å². The highest BCUT2D eigenvalue weighted by molar-refractivity contribution is 7.99. The van der Waals surface area contributed by atoms with Crippen molar-refractivity contribution in [2.45, 2.75) is 18.1 Å². The van der Waals surface area contributed by atoms with Gasteiger partial charge in [-0.3, -0.25) is 9.59 Å². The highest BCUT2D eigenvalue weighted by atomic mass is 32.2. The Morgan fingerprint density at radius 2 is 1.86 bits per heavy atom. The minimum Gasteiger partial charge on any atom is -0.482 e. The van der Waals surface area contributed by atoms with Gasteiger partial charge in [-0.25, -0.2) is 4.39 Å². The van der Waals surface area contributed by atoms with Crippen molar-refractivity contribution in [1.29, 1.82) is 0 Å². The number of Topliss-reactive ketones (excluding diaryl/α,β-unsaturated/α-hetero) is 1. The molecule has 9 heteroatoms. The molecule has 3 aromatic carbocycles. The van der Waals surface area contributed by atoms with Gasteiger partial charge in [-0.15, -0.1) is 10.2 Å². The quantitative estimate of drug-likeness (QED) is 0.287. The molecule has 0 unspecified atom stereocenters. The largest absolute Gasteiger partial charge is 0.482 e. The first-order chi connectivity index (χ1) is 17.1. The maximum absolute atomic E-state index is 14.5. The second-order valence-electron chi connectivity index (χ2n) is 7.93. The standard InChI is InChI=1S/C26H21FN4O3S/c27-20-9-5-4-8-19(20)25-29-30-26(31(25)13-12-17-6-2-1-3-7-17)35-16-22(32)18-10-11-23-21(14-18)28-24(33)15-34-23/h1-11,14H,12-13,15-16H2,(H,28,33). The molecular formula is C26H21FN4O3S. The number of hydrogen-bond acceptors (Lipinski definition) is 6. The molecule has 1 aliphatic heterocycles. The van der Waals surface area contributed by atoms with Crippen molar-refractivity contribution < 1.29 is 18.7 Å². The number of benzene rings is 3. The van der Waals surface area contributed by atoms with Crippen molar-refractivity contribution >= 4 is 29.1 Å². The molecule has 0 saturated carbocycles. The zero-order valence-electron chi connectivity index (χ0n) is 18.6. The molecule has 0 bridgehead atoms. The number of nitrogens with zero attached hydrogens (tertiary/aromatic N) is 3. The molecule has 1 amide bonds. The molecule has 1 N–H and O–H groups in total. The SMILES string of the molecule is O=C1COc2ccc(C(=O)CSc3nnc(-c4ccccc4F)n3CCc3ccccc3)cc2N1. The number of fused-ring (bicyclic) bond motifs is 1. The number of nitrogens with one attached hydrogen (secondary N) is 1. The van der Waals surface area contributed by atoms with E-state index < -0.39 is 0 Å². The molecule has 0 atom stereocenters. The van der Waals surface area contributed by atoms with Crippen molar-refractivity contribution in [3.8, 4) is 17.1 Å². The summed E-state index contributed by atoms with van der Waals surface area (Å²) in [6, 6.07) is 21.4. The van der Waals surface area contributed by atoms with Crippen molar-refractivity contribution in [2.75, 3.05) is 17.7 Å². The Morgan fingerprint density at radius 3 is 2.69 bits per heavy atom. The van der Waals surface area contributed by atoms with Gasteiger partial charge < -0.3 is 14.6 Å². The Kier molecular flexibility index (Phi) is 6.58. The Hall–Kier alpha value is -3.98. The number of ketones is 1. The summed E-state index contributed by atoms with van der Waals surface area (Å²) in [5.41, 5.74) is 2.42. The fourth-order valence-electron chi connectivity index (χ4n) is 3.79. The fourth-order valence-corrected chi connectivity index (χ4v) is 4.65. The number of thioether (sulfide) groups is 1. The van der Waals surface area contributed by atoms with Crippen molar-refractivity contribution in [3.05, 3.63) is 89.7 Å². The predicted octanol–water partition coefficient (Wildman–Crippen LogP) is 4.63. The van der Waals surface area contributed by atoms with Gasteiger partial charge >= 0.3 is 0 Å². The second-order valence-corrected chi connectivity index (χ2v) is 8.88. The molecule has 0 saturated heterocycles. The highest BCUT2D eigenvalue weighted by Gasteiger charge is 2.20.